The number of H-pyrrole nitrogens is 2. The van der Waals surface area contributed by atoms with Crippen molar-refractivity contribution >= 4 is 22.9 Å². The molecule has 3 N–H and O–H groups in total. The highest BCUT2D eigenvalue weighted by molar-refractivity contribution is 5.95. The van der Waals surface area contributed by atoms with E-state index in [0.29, 0.717) is 48.3 Å². The smallest absolute Gasteiger partial charge is 0.303 e. The number of rotatable bonds is 4. The Labute approximate surface area is 152 Å². The van der Waals surface area contributed by atoms with E-state index in [0.717, 1.165) is 5.69 Å². The first-order valence-electron chi connectivity index (χ1n) is 8.57. The minimum atomic E-state index is -0.864. The van der Waals surface area contributed by atoms with Gasteiger partial charge in [-0.2, -0.15) is 5.10 Å². The van der Waals surface area contributed by atoms with Gasteiger partial charge >= 0.3 is 5.97 Å². The van der Waals surface area contributed by atoms with Crippen LogP contribution in [-0.2, 0) is 24.3 Å². The van der Waals surface area contributed by atoms with Crippen LogP contribution in [0.15, 0.2) is 16.9 Å². The van der Waals surface area contributed by atoms with Gasteiger partial charge in [-0.15, -0.1) is 0 Å². The number of aromatic nitrogens is 5. The highest BCUT2D eigenvalue weighted by Gasteiger charge is 2.25. The van der Waals surface area contributed by atoms with Gasteiger partial charge in [0.2, 0.25) is 0 Å². The summed E-state index contributed by atoms with van der Waals surface area (Å²) in [5, 5.41) is 18.8. The second kappa shape index (κ2) is 6.38. The van der Waals surface area contributed by atoms with E-state index in [1.165, 1.54) is 0 Å². The minimum absolute atomic E-state index is 0.0250. The van der Waals surface area contributed by atoms with Crippen LogP contribution in [0.3, 0.4) is 0 Å². The van der Waals surface area contributed by atoms with Gasteiger partial charge in [-0.25, -0.2) is 4.98 Å². The Hall–Kier alpha value is -3.43. The van der Waals surface area contributed by atoms with Crippen molar-refractivity contribution in [2.75, 3.05) is 6.54 Å². The zero-order valence-corrected chi connectivity index (χ0v) is 14.7. The molecule has 10 heteroatoms. The molecule has 0 spiro atoms. The number of pyridine rings is 1. The Bertz CT molecular complexity index is 1110. The van der Waals surface area contributed by atoms with Crippen LogP contribution in [-0.4, -0.2) is 53.4 Å². The molecular weight excluding hydrogens is 352 g/mol. The first-order valence-corrected chi connectivity index (χ1v) is 8.57. The van der Waals surface area contributed by atoms with Crippen LogP contribution in [0.25, 0.3) is 11.0 Å². The lowest BCUT2D eigenvalue weighted by Gasteiger charge is -2.27. The fourth-order valence-electron chi connectivity index (χ4n) is 3.36. The molecule has 4 rings (SSSR count). The van der Waals surface area contributed by atoms with Gasteiger partial charge in [-0.1, -0.05) is 0 Å². The van der Waals surface area contributed by atoms with Gasteiger partial charge < -0.3 is 10.0 Å². The summed E-state index contributed by atoms with van der Waals surface area (Å²) in [6.07, 6.45) is 0.388. The molecule has 1 amide bonds. The Kier molecular flexibility index (Phi) is 4.02. The Morgan fingerprint density at radius 2 is 2.07 bits per heavy atom. The molecule has 0 radical (unpaired) electrons. The molecule has 0 fully saturated rings. The number of amides is 1. The average Bonchev–Trinajstić information content (AvgIpc) is 3.22. The third kappa shape index (κ3) is 3.09. The maximum Gasteiger partial charge on any atom is 0.303 e. The molecule has 0 aliphatic carbocycles. The number of hydrogen-bond donors (Lipinski definition) is 3. The predicted octanol–water partition coefficient (Wildman–Crippen LogP) is 0.429. The Balaban J connectivity index is 1.56. The first kappa shape index (κ1) is 17.0. The summed E-state index contributed by atoms with van der Waals surface area (Å²) in [6.45, 7) is 3.16. The van der Waals surface area contributed by atoms with Gasteiger partial charge in [-0.3, -0.25) is 29.3 Å². The molecule has 0 unspecified atom stereocenters. The highest BCUT2D eigenvalue weighted by atomic mass is 16.4. The first-order chi connectivity index (χ1) is 12.9. The van der Waals surface area contributed by atoms with Crippen molar-refractivity contribution in [3.63, 3.8) is 0 Å². The zero-order chi connectivity index (χ0) is 19.1. The summed E-state index contributed by atoms with van der Waals surface area (Å²) in [4.78, 5) is 41.3. The van der Waals surface area contributed by atoms with Crippen molar-refractivity contribution in [2.45, 2.75) is 32.9 Å². The standard InChI is InChI=1S/C17H18N6O4/c1-9-6-12(18-15-14(9)16(26)20-19-15)17(27)22-4-5-23-11(8-22)7-10(21-23)2-3-13(24)25/h6-7H,2-5,8H2,1H3,(H,24,25)(H2,18,19,20,26). The molecule has 0 bridgehead atoms. The molecule has 27 heavy (non-hydrogen) atoms. The van der Waals surface area contributed by atoms with Crippen molar-refractivity contribution < 1.29 is 14.7 Å². The second-order valence-electron chi connectivity index (χ2n) is 6.60. The lowest BCUT2D eigenvalue weighted by molar-refractivity contribution is -0.136. The largest absolute Gasteiger partial charge is 0.481 e. The summed E-state index contributed by atoms with van der Waals surface area (Å²) in [6, 6.07) is 3.46. The molecule has 4 heterocycles. The topological polar surface area (TPSA) is 137 Å². The average molecular weight is 370 g/mol. The van der Waals surface area contributed by atoms with E-state index >= 15 is 0 Å². The number of carboxylic acid groups (broad SMARTS) is 1. The lowest BCUT2D eigenvalue weighted by Crippen LogP contribution is -2.38. The quantitative estimate of drug-likeness (QED) is 0.609. The third-order valence-corrected chi connectivity index (χ3v) is 4.69. The molecule has 1 aliphatic heterocycles. The predicted molar refractivity (Wildman–Crippen MR) is 94.4 cm³/mol. The van der Waals surface area contributed by atoms with Crippen LogP contribution in [0.5, 0.6) is 0 Å². The maximum absolute atomic E-state index is 12.9. The molecule has 0 aromatic carbocycles. The third-order valence-electron chi connectivity index (χ3n) is 4.69. The summed E-state index contributed by atoms with van der Waals surface area (Å²) < 4.78 is 1.81. The molecule has 3 aromatic heterocycles. The monoisotopic (exact) mass is 370 g/mol. The second-order valence-corrected chi connectivity index (χ2v) is 6.60. The number of fused-ring (bicyclic) bond motifs is 2. The van der Waals surface area contributed by atoms with Crippen LogP contribution in [0.2, 0.25) is 0 Å². The fourth-order valence-corrected chi connectivity index (χ4v) is 3.36. The summed E-state index contributed by atoms with van der Waals surface area (Å²) in [7, 11) is 0. The molecular formula is C17H18N6O4. The van der Waals surface area contributed by atoms with E-state index in [-0.39, 0.29) is 23.6 Å². The summed E-state index contributed by atoms with van der Waals surface area (Å²) in [5.41, 5.74) is 2.63. The normalized spacial score (nSPS) is 13.7. The Morgan fingerprint density at radius 3 is 2.85 bits per heavy atom. The number of aliphatic carboxylic acids is 1. The van der Waals surface area contributed by atoms with Gasteiger partial charge in [0.05, 0.1) is 36.3 Å². The molecule has 0 atom stereocenters. The SMILES string of the molecule is Cc1cc(C(=O)N2CCn3nc(CCC(=O)O)cc3C2)nc2[nH][nH]c(=O)c12. The summed E-state index contributed by atoms with van der Waals surface area (Å²) >= 11 is 0. The van der Waals surface area contributed by atoms with Crippen LogP contribution >= 0.6 is 0 Å². The van der Waals surface area contributed by atoms with Crippen LogP contribution in [0.1, 0.15) is 33.9 Å². The minimum Gasteiger partial charge on any atom is -0.481 e. The van der Waals surface area contributed by atoms with Crippen molar-refractivity contribution in [1.82, 2.24) is 29.9 Å². The Morgan fingerprint density at radius 1 is 1.26 bits per heavy atom. The molecule has 3 aromatic rings. The van der Waals surface area contributed by atoms with E-state index in [1.54, 1.807) is 17.9 Å². The summed E-state index contributed by atoms with van der Waals surface area (Å²) in [5.74, 6) is -1.08. The maximum atomic E-state index is 12.9. The molecule has 1 aliphatic rings. The number of aromatic amines is 2. The molecule has 0 saturated carbocycles. The van der Waals surface area contributed by atoms with E-state index in [2.05, 4.69) is 20.3 Å². The van der Waals surface area contributed by atoms with Crippen molar-refractivity contribution in [1.29, 1.82) is 0 Å². The number of carbonyl (C=O) groups excluding carboxylic acids is 1. The van der Waals surface area contributed by atoms with Crippen LogP contribution in [0.4, 0.5) is 0 Å². The van der Waals surface area contributed by atoms with Crippen molar-refractivity contribution in [3.8, 4) is 0 Å². The van der Waals surface area contributed by atoms with Crippen LogP contribution < -0.4 is 5.56 Å². The number of carbonyl (C=O) groups is 2. The highest BCUT2D eigenvalue weighted by Crippen LogP contribution is 2.18. The number of aryl methyl sites for hydroxylation is 2. The van der Waals surface area contributed by atoms with Crippen LogP contribution in [0, 0.1) is 6.92 Å². The van der Waals surface area contributed by atoms with Gasteiger partial charge in [0.15, 0.2) is 5.65 Å². The van der Waals surface area contributed by atoms with Gasteiger partial charge in [0.25, 0.3) is 11.5 Å². The van der Waals surface area contributed by atoms with E-state index in [4.69, 9.17) is 5.11 Å². The van der Waals surface area contributed by atoms with Crippen molar-refractivity contribution in [3.05, 3.63) is 45.1 Å². The van der Waals surface area contributed by atoms with E-state index in [1.807, 2.05) is 10.7 Å². The van der Waals surface area contributed by atoms with E-state index in [9.17, 15) is 14.4 Å². The fraction of sp³-hybridized carbons (Fsp3) is 0.353. The number of nitrogens with zero attached hydrogens (tertiary/aromatic N) is 4. The number of carboxylic acids is 1. The van der Waals surface area contributed by atoms with Gasteiger partial charge in [0, 0.05) is 13.0 Å². The molecule has 140 valence electrons. The van der Waals surface area contributed by atoms with Gasteiger partial charge in [0.1, 0.15) is 5.69 Å². The zero-order valence-electron chi connectivity index (χ0n) is 14.7. The lowest BCUT2D eigenvalue weighted by atomic mass is 10.1. The van der Waals surface area contributed by atoms with Gasteiger partial charge in [-0.05, 0) is 24.6 Å². The van der Waals surface area contributed by atoms with E-state index < -0.39 is 5.97 Å². The van der Waals surface area contributed by atoms with Crippen molar-refractivity contribution in [2.24, 2.45) is 0 Å². The number of nitrogens with one attached hydrogen (secondary N) is 2. The molecule has 10 nitrogen and oxygen atoms in total. The number of hydrogen-bond acceptors (Lipinski definition) is 5. The molecule has 0 saturated heterocycles.